The maximum atomic E-state index is 13.9. The van der Waals surface area contributed by atoms with Gasteiger partial charge in [0.2, 0.25) is 11.8 Å². The standard InChI is InChI=1S/C28H36Cl2N4O4S/c1-18(2)12-25(27(35)32-15-19-8-9-23(29)24(30)13-19)33-11-10-21(34-16-20(31)14-26(34)28(33)36)17-39(37,38)22-6-4-3-5-7-22/h3-9,13,18,20-21,25-26H,10-12,14-17,31H2,1-2H3,(H,32,35)/t20-,21?,25-,26+/m1/s1. The van der Waals surface area contributed by atoms with Crippen LogP contribution in [-0.2, 0) is 26.0 Å². The number of carbonyl (C=O) groups is 2. The van der Waals surface area contributed by atoms with Crippen LogP contribution in [0.3, 0.4) is 0 Å². The van der Waals surface area contributed by atoms with Crippen LogP contribution in [-0.4, -0.2) is 73.0 Å². The average molecular weight is 596 g/mol. The number of hydrogen-bond acceptors (Lipinski definition) is 6. The van der Waals surface area contributed by atoms with Gasteiger partial charge in [0, 0.05) is 31.7 Å². The second-order valence-corrected chi connectivity index (χ2v) is 13.7. The number of rotatable bonds is 9. The monoisotopic (exact) mass is 594 g/mol. The van der Waals surface area contributed by atoms with Gasteiger partial charge in [-0.3, -0.25) is 14.5 Å². The lowest BCUT2D eigenvalue weighted by atomic mass is 10.00. The van der Waals surface area contributed by atoms with Crippen molar-refractivity contribution >= 4 is 44.9 Å². The number of nitrogens with zero attached hydrogens (tertiary/aromatic N) is 2. The number of amides is 2. The minimum absolute atomic E-state index is 0.111. The number of carbonyl (C=O) groups excluding carboxylic acids is 2. The Morgan fingerprint density at radius 2 is 1.85 bits per heavy atom. The smallest absolute Gasteiger partial charge is 0.243 e. The van der Waals surface area contributed by atoms with Crippen molar-refractivity contribution in [2.45, 2.75) is 68.7 Å². The molecule has 3 N–H and O–H groups in total. The summed E-state index contributed by atoms with van der Waals surface area (Å²) in [5, 5.41) is 3.80. The van der Waals surface area contributed by atoms with E-state index in [1.54, 1.807) is 53.4 Å². The second-order valence-electron chi connectivity index (χ2n) is 10.9. The summed E-state index contributed by atoms with van der Waals surface area (Å²) in [6.07, 6.45) is 1.33. The maximum Gasteiger partial charge on any atom is 0.243 e. The minimum atomic E-state index is -3.58. The molecule has 0 spiro atoms. The van der Waals surface area contributed by atoms with Crippen LogP contribution in [0.15, 0.2) is 53.4 Å². The van der Waals surface area contributed by atoms with Gasteiger partial charge in [-0.05, 0) is 55.0 Å². The average Bonchev–Trinajstić information content (AvgIpc) is 3.24. The molecule has 2 aromatic rings. The van der Waals surface area contributed by atoms with Crippen molar-refractivity contribution in [3.63, 3.8) is 0 Å². The third-order valence-electron chi connectivity index (χ3n) is 7.45. The molecule has 0 aliphatic carbocycles. The van der Waals surface area contributed by atoms with Crippen LogP contribution in [0.5, 0.6) is 0 Å². The molecule has 11 heteroatoms. The number of halogens is 2. The SMILES string of the molecule is CC(C)C[C@H](C(=O)NCc1ccc(Cl)c(Cl)c1)N1CCC(CS(=O)(=O)c2ccccc2)N2C[C@H](N)C[C@H]2C1=O. The molecule has 2 aromatic carbocycles. The number of nitrogens with two attached hydrogens (primary N) is 1. The fourth-order valence-corrected chi connectivity index (χ4v) is 7.49. The second kappa shape index (κ2) is 12.6. The molecule has 0 radical (unpaired) electrons. The first kappa shape index (κ1) is 29.8. The van der Waals surface area contributed by atoms with Gasteiger partial charge in [0.1, 0.15) is 6.04 Å². The molecule has 212 valence electrons. The molecular weight excluding hydrogens is 559 g/mol. The molecule has 2 saturated heterocycles. The fraction of sp³-hybridized carbons (Fsp3) is 0.500. The highest BCUT2D eigenvalue weighted by atomic mass is 35.5. The predicted molar refractivity (Wildman–Crippen MR) is 153 cm³/mol. The van der Waals surface area contributed by atoms with Crippen LogP contribution in [0.4, 0.5) is 0 Å². The lowest BCUT2D eigenvalue weighted by Crippen LogP contribution is -2.53. The van der Waals surface area contributed by atoms with E-state index < -0.39 is 21.9 Å². The van der Waals surface area contributed by atoms with Gasteiger partial charge in [-0.15, -0.1) is 0 Å². The number of fused-ring (bicyclic) bond motifs is 1. The number of benzene rings is 2. The third kappa shape index (κ3) is 7.13. The van der Waals surface area contributed by atoms with E-state index in [1.165, 1.54) is 0 Å². The lowest BCUT2D eigenvalue weighted by Gasteiger charge is -2.33. The zero-order chi connectivity index (χ0) is 28.3. The normalized spacial score (nSPS) is 23.0. The van der Waals surface area contributed by atoms with Crippen molar-refractivity contribution in [1.82, 2.24) is 15.1 Å². The topological polar surface area (TPSA) is 113 Å². The molecule has 0 bridgehead atoms. The lowest BCUT2D eigenvalue weighted by molar-refractivity contribution is -0.143. The Labute approximate surface area is 240 Å². The summed E-state index contributed by atoms with van der Waals surface area (Å²) in [6.45, 7) is 4.99. The number of nitrogens with one attached hydrogen (secondary N) is 1. The Morgan fingerprint density at radius 3 is 2.51 bits per heavy atom. The van der Waals surface area contributed by atoms with Gasteiger partial charge in [0.15, 0.2) is 9.84 Å². The fourth-order valence-electron chi connectivity index (χ4n) is 5.54. The highest BCUT2D eigenvalue weighted by Crippen LogP contribution is 2.30. The summed E-state index contributed by atoms with van der Waals surface area (Å²) < 4.78 is 26.5. The Hall–Kier alpha value is -2.17. The van der Waals surface area contributed by atoms with Crippen LogP contribution in [0, 0.1) is 5.92 Å². The van der Waals surface area contributed by atoms with E-state index in [1.807, 2.05) is 18.7 Å². The third-order valence-corrected chi connectivity index (χ3v) is 10.0. The predicted octanol–water partition coefficient (Wildman–Crippen LogP) is 3.50. The quantitative estimate of drug-likeness (QED) is 0.459. The molecule has 39 heavy (non-hydrogen) atoms. The van der Waals surface area contributed by atoms with Gasteiger partial charge in [-0.2, -0.15) is 0 Å². The minimum Gasteiger partial charge on any atom is -0.350 e. The Morgan fingerprint density at radius 1 is 1.13 bits per heavy atom. The van der Waals surface area contributed by atoms with E-state index in [4.69, 9.17) is 28.9 Å². The summed E-state index contributed by atoms with van der Waals surface area (Å²) >= 11 is 12.1. The van der Waals surface area contributed by atoms with E-state index >= 15 is 0 Å². The van der Waals surface area contributed by atoms with Gasteiger partial charge < -0.3 is 16.0 Å². The first-order valence-electron chi connectivity index (χ1n) is 13.3. The molecule has 0 saturated carbocycles. The van der Waals surface area contributed by atoms with Crippen molar-refractivity contribution in [2.24, 2.45) is 11.7 Å². The molecule has 2 fully saturated rings. The van der Waals surface area contributed by atoms with Crippen molar-refractivity contribution in [3.05, 3.63) is 64.1 Å². The molecule has 0 aromatic heterocycles. The van der Waals surface area contributed by atoms with Crippen molar-refractivity contribution in [2.75, 3.05) is 18.8 Å². The van der Waals surface area contributed by atoms with E-state index in [2.05, 4.69) is 5.32 Å². The summed E-state index contributed by atoms with van der Waals surface area (Å²) in [5.74, 6) is -0.386. The highest BCUT2D eigenvalue weighted by molar-refractivity contribution is 7.91. The van der Waals surface area contributed by atoms with Gasteiger partial charge in [0.05, 0.1) is 26.7 Å². The van der Waals surface area contributed by atoms with Gasteiger partial charge >= 0.3 is 0 Å². The molecule has 1 unspecified atom stereocenters. The Kier molecular flexibility index (Phi) is 9.60. The molecule has 2 heterocycles. The van der Waals surface area contributed by atoms with E-state index in [0.29, 0.717) is 35.9 Å². The van der Waals surface area contributed by atoms with Crippen LogP contribution in [0.1, 0.15) is 38.7 Å². The Balaban J connectivity index is 1.56. The summed E-state index contributed by atoms with van der Waals surface area (Å²) in [5.41, 5.74) is 7.07. The molecule has 2 aliphatic heterocycles. The molecule has 2 aliphatic rings. The van der Waals surface area contributed by atoms with Crippen molar-refractivity contribution in [1.29, 1.82) is 0 Å². The molecule has 2 amide bonds. The van der Waals surface area contributed by atoms with Gasteiger partial charge in [0.25, 0.3) is 0 Å². The maximum absolute atomic E-state index is 13.9. The zero-order valence-electron chi connectivity index (χ0n) is 22.2. The van der Waals surface area contributed by atoms with Gasteiger partial charge in [-0.25, -0.2) is 8.42 Å². The van der Waals surface area contributed by atoms with E-state index in [9.17, 15) is 18.0 Å². The molecule has 4 atom stereocenters. The van der Waals surface area contributed by atoms with Crippen molar-refractivity contribution < 1.29 is 18.0 Å². The van der Waals surface area contributed by atoms with E-state index in [0.717, 1.165) is 5.56 Å². The Bertz CT molecular complexity index is 1290. The molecule has 8 nitrogen and oxygen atoms in total. The van der Waals surface area contributed by atoms with Crippen molar-refractivity contribution in [3.8, 4) is 0 Å². The number of hydrogen-bond donors (Lipinski definition) is 2. The van der Waals surface area contributed by atoms with Crippen LogP contribution in [0.25, 0.3) is 0 Å². The van der Waals surface area contributed by atoms with Crippen LogP contribution < -0.4 is 11.1 Å². The largest absolute Gasteiger partial charge is 0.350 e. The zero-order valence-corrected chi connectivity index (χ0v) is 24.6. The first-order chi connectivity index (χ1) is 18.5. The van der Waals surface area contributed by atoms with Crippen LogP contribution in [0.2, 0.25) is 10.0 Å². The summed E-state index contributed by atoms with van der Waals surface area (Å²) in [4.78, 5) is 31.3. The molecule has 4 rings (SSSR count). The summed E-state index contributed by atoms with van der Waals surface area (Å²) in [7, 11) is -3.58. The van der Waals surface area contributed by atoms with E-state index in [-0.39, 0.29) is 53.6 Å². The van der Waals surface area contributed by atoms with Gasteiger partial charge in [-0.1, -0.05) is 61.3 Å². The molecular formula is C28H36Cl2N4O4S. The first-order valence-corrected chi connectivity index (χ1v) is 15.7. The number of sulfone groups is 1. The van der Waals surface area contributed by atoms with Crippen LogP contribution >= 0.6 is 23.2 Å². The highest BCUT2D eigenvalue weighted by Gasteiger charge is 2.46. The summed E-state index contributed by atoms with van der Waals surface area (Å²) in [6, 6.07) is 11.7.